The van der Waals surface area contributed by atoms with Crippen molar-refractivity contribution in [3.63, 3.8) is 0 Å². The van der Waals surface area contributed by atoms with Gasteiger partial charge in [-0.15, -0.1) is 0 Å². The van der Waals surface area contributed by atoms with Gasteiger partial charge in [0.25, 0.3) is 0 Å². The van der Waals surface area contributed by atoms with Gasteiger partial charge in [-0.2, -0.15) is 0 Å². The Balaban J connectivity index is 0.975. The largest absolute Gasteiger partial charge is 0.454 e. The Hall–Kier alpha value is -8.15. The van der Waals surface area contributed by atoms with Crippen LogP contribution < -0.4 is 0 Å². The highest BCUT2D eigenvalue weighted by Crippen LogP contribution is 2.40. The van der Waals surface area contributed by atoms with Crippen LogP contribution in [0, 0.1) is 0 Å². The summed E-state index contributed by atoms with van der Waals surface area (Å²) in [5.74, 6) is -0.648. The maximum absolute atomic E-state index is 14.0. The average molecular weight is 1360 g/mol. The number of esters is 1. The molecule has 0 spiro atoms. The van der Waals surface area contributed by atoms with Gasteiger partial charge in [0.15, 0.2) is 25.0 Å². The maximum Gasteiger partial charge on any atom is 0.303 e. The van der Waals surface area contributed by atoms with E-state index in [-0.39, 0.29) is 79.3 Å². The lowest BCUT2D eigenvalue weighted by atomic mass is 9.95. The van der Waals surface area contributed by atoms with Crippen LogP contribution in [-0.4, -0.2) is 123 Å². The van der Waals surface area contributed by atoms with Gasteiger partial charge in [0.05, 0.1) is 79.3 Å². The molecule has 3 saturated heterocycles. The van der Waals surface area contributed by atoms with Crippen LogP contribution in [0.2, 0.25) is 0 Å². The molecular weight excluding hydrogens is 1270 g/mol. The van der Waals surface area contributed by atoms with Crippen molar-refractivity contribution in [3.8, 4) is 0 Å². The van der Waals surface area contributed by atoms with Gasteiger partial charge in [0.1, 0.15) is 67.1 Å². The zero-order valence-electron chi connectivity index (χ0n) is 56.1. The van der Waals surface area contributed by atoms with Crippen LogP contribution in [0.1, 0.15) is 57.0 Å². The number of hydrogen-bond acceptors (Lipinski definition) is 17. The molecule has 12 rings (SSSR count). The Morgan fingerprint density at radius 3 is 0.780 bits per heavy atom. The molecule has 0 radical (unpaired) electrons. The number of ether oxygens (including phenoxy) is 15. The van der Waals surface area contributed by atoms with E-state index >= 15 is 0 Å². The Labute approximate surface area is 585 Å². The summed E-state index contributed by atoms with van der Waals surface area (Å²) in [7, 11) is 0. The lowest BCUT2D eigenvalue weighted by Crippen LogP contribution is -2.68. The molecule has 1 N–H and O–H groups in total. The molecule has 0 amide bonds. The van der Waals surface area contributed by atoms with E-state index in [0.29, 0.717) is 0 Å². The summed E-state index contributed by atoms with van der Waals surface area (Å²) < 4.78 is 105. The molecule has 9 aromatic rings. The summed E-state index contributed by atoms with van der Waals surface area (Å²) in [6.45, 7) is 2.55. The van der Waals surface area contributed by atoms with E-state index in [9.17, 15) is 9.90 Å². The molecular formula is C83H88O17. The number of aliphatic hydroxyl groups excluding tert-OH is 1. The Morgan fingerprint density at radius 2 is 0.500 bits per heavy atom. The molecule has 0 aromatic heterocycles. The summed E-state index contributed by atoms with van der Waals surface area (Å²) in [5, 5.41) is 12.9. The molecule has 9 aromatic carbocycles. The summed E-state index contributed by atoms with van der Waals surface area (Å²) in [5.41, 5.74) is 7.99. The van der Waals surface area contributed by atoms with Gasteiger partial charge < -0.3 is 76.2 Å². The van der Waals surface area contributed by atoms with Crippen molar-refractivity contribution in [1.29, 1.82) is 0 Å². The highest BCUT2D eigenvalue weighted by molar-refractivity contribution is 5.66. The van der Waals surface area contributed by atoms with Gasteiger partial charge >= 0.3 is 5.97 Å². The van der Waals surface area contributed by atoms with E-state index < -0.39 is 98.1 Å². The van der Waals surface area contributed by atoms with Crippen LogP contribution in [0.25, 0.3) is 0 Å². The molecule has 522 valence electrons. The van der Waals surface area contributed by atoms with Crippen LogP contribution >= 0.6 is 0 Å². The summed E-state index contributed by atoms with van der Waals surface area (Å²) in [4.78, 5) is 14.0. The van der Waals surface area contributed by atoms with Crippen molar-refractivity contribution in [2.75, 3.05) is 19.8 Å². The minimum atomic E-state index is -1.71. The van der Waals surface area contributed by atoms with Crippen molar-refractivity contribution >= 4 is 5.97 Å². The van der Waals surface area contributed by atoms with Crippen molar-refractivity contribution < 1.29 is 81.0 Å². The molecule has 17 nitrogen and oxygen atoms in total. The van der Waals surface area contributed by atoms with E-state index in [4.69, 9.17) is 71.1 Å². The monoisotopic (exact) mass is 1360 g/mol. The molecule has 0 aliphatic carbocycles. The fourth-order valence-electron chi connectivity index (χ4n) is 12.6. The molecule has 0 bridgehead atoms. The van der Waals surface area contributed by atoms with E-state index in [1.165, 1.54) is 6.92 Å². The van der Waals surface area contributed by atoms with Gasteiger partial charge in [0, 0.05) is 6.92 Å². The minimum absolute atomic E-state index is 0.00199. The topological polar surface area (TPSA) is 176 Å². The molecule has 3 aliphatic rings. The number of rotatable bonds is 35. The fourth-order valence-corrected chi connectivity index (χ4v) is 12.6. The number of hydrogen-bond donors (Lipinski definition) is 1. The first kappa shape index (κ1) is 71.7. The van der Waals surface area contributed by atoms with Crippen molar-refractivity contribution in [2.45, 2.75) is 159 Å². The number of carbonyl (C=O) groups is 1. The van der Waals surface area contributed by atoms with Crippen molar-refractivity contribution in [2.24, 2.45) is 0 Å². The standard InChI is InChI=1S/C83H88O17/c1-59(84)95-79-76(93-54-67-43-25-9-26-44-67)73(90-51-64-37-19-6-20-38-64)70(57-87-48-61-31-13-3-14-32-61)97-82(79)100-80-77(94-55-68-45-27-10-28-46-68)74(91-52-65-39-21-7-22-40-65)71(58-88-49-62-33-15-4-16-34-62)98-83(80)99-78-75(92-53-66-41-23-8-24-42-66)72(89-50-63-35-17-5-18-36-63)69(96-81(78)85)56-86-47-60-29-11-2-12-30-60/h2-46,69-83,85H,47-58H2,1H3/t69-,70-,71-,72-,73-,74-,75+,76+,77+,78+,79+,80+,81+,82-,83-/m1/s1. The van der Waals surface area contributed by atoms with Crippen molar-refractivity contribution in [3.05, 3.63) is 323 Å². The Morgan fingerprint density at radius 1 is 0.280 bits per heavy atom. The first-order valence-electron chi connectivity index (χ1n) is 34.2. The predicted octanol–water partition coefficient (Wildman–Crippen LogP) is 13.0. The predicted molar refractivity (Wildman–Crippen MR) is 372 cm³/mol. The van der Waals surface area contributed by atoms with Crippen LogP contribution in [0.3, 0.4) is 0 Å². The molecule has 15 atom stereocenters. The molecule has 0 saturated carbocycles. The van der Waals surface area contributed by atoms with Gasteiger partial charge in [-0.3, -0.25) is 4.79 Å². The molecule has 3 fully saturated rings. The smallest absolute Gasteiger partial charge is 0.303 e. The maximum atomic E-state index is 14.0. The zero-order chi connectivity index (χ0) is 68.3. The Kier molecular flexibility index (Phi) is 27.3. The van der Waals surface area contributed by atoms with Crippen LogP contribution in [0.15, 0.2) is 273 Å². The van der Waals surface area contributed by atoms with Gasteiger partial charge in [-0.25, -0.2) is 0 Å². The first-order chi connectivity index (χ1) is 49.3. The van der Waals surface area contributed by atoms with E-state index in [1.807, 2.05) is 273 Å². The minimum Gasteiger partial charge on any atom is -0.454 e. The third-order valence-corrected chi connectivity index (χ3v) is 17.6. The van der Waals surface area contributed by atoms with Crippen LogP contribution in [-0.2, 0) is 135 Å². The summed E-state index contributed by atoms with van der Waals surface area (Å²) >= 11 is 0. The Bertz CT molecular complexity index is 3730. The lowest BCUT2D eigenvalue weighted by molar-refractivity contribution is -0.402. The third-order valence-electron chi connectivity index (χ3n) is 17.6. The van der Waals surface area contributed by atoms with Gasteiger partial charge in [0.2, 0.25) is 0 Å². The third kappa shape index (κ3) is 21.0. The van der Waals surface area contributed by atoms with Gasteiger partial charge in [-0.05, 0) is 50.1 Å². The van der Waals surface area contributed by atoms with Crippen LogP contribution in [0.5, 0.6) is 0 Å². The number of benzene rings is 9. The van der Waals surface area contributed by atoms with Gasteiger partial charge in [-0.1, -0.05) is 273 Å². The second kappa shape index (κ2) is 38.0. The summed E-state index contributed by atoms with van der Waals surface area (Å²) in [6, 6.07) is 88.0. The number of aliphatic hydroxyl groups is 1. The fraction of sp³-hybridized carbons (Fsp3) is 0.337. The van der Waals surface area contributed by atoms with Crippen molar-refractivity contribution in [1.82, 2.24) is 0 Å². The normalized spacial score (nSPS) is 25.2. The molecule has 17 heteroatoms. The lowest BCUT2D eigenvalue weighted by Gasteiger charge is -2.51. The quantitative estimate of drug-likeness (QED) is 0.0371. The summed E-state index contributed by atoms with van der Waals surface area (Å²) in [6.07, 6.45) is -18.0. The SMILES string of the molecule is CC(=O)O[C@@H]1[C@@H](O[C@@H]2[C@@H](O[C@H]3[C@@H](OCc4ccccc4)[C@H](OCc4ccccc4)[C@@H](COCc4ccccc4)O[C@@H]3O)O[C@H](COCc3ccccc3)[C@@H](OCc3ccccc3)[C@@H]2OCc2ccccc2)O[C@H](COCc2ccccc2)[C@@H](OCc2ccccc2)[C@@H]1OCc1ccccc1. The highest BCUT2D eigenvalue weighted by atomic mass is 16.8. The van der Waals surface area contributed by atoms with E-state index in [0.717, 1.165) is 50.1 Å². The molecule has 3 aliphatic heterocycles. The van der Waals surface area contributed by atoms with E-state index in [2.05, 4.69) is 0 Å². The zero-order valence-corrected chi connectivity index (χ0v) is 56.1. The number of carbonyl (C=O) groups excluding carboxylic acids is 1. The van der Waals surface area contributed by atoms with E-state index in [1.54, 1.807) is 0 Å². The second-order valence-corrected chi connectivity index (χ2v) is 25.0. The molecule has 3 heterocycles. The highest BCUT2D eigenvalue weighted by Gasteiger charge is 2.58. The first-order valence-corrected chi connectivity index (χ1v) is 34.2. The molecule has 0 unspecified atom stereocenters. The molecule has 100 heavy (non-hydrogen) atoms. The second-order valence-electron chi connectivity index (χ2n) is 25.0. The average Bonchev–Trinajstić information content (AvgIpc) is 0.761. The van der Waals surface area contributed by atoms with Crippen LogP contribution in [0.4, 0.5) is 0 Å².